The summed E-state index contributed by atoms with van der Waals surface area (Å²) in [6, 6.07) is 0. The molecular weight excluding hydrogens is 106 g/mol. The Bertz CT molecular complexity index is 196. The molecule has 0 saturated carbocycles. The van der Waals surface area contributed by atoms with Crippen molar-refractivity contribution in [3.63, 3.8) is 0 Å². The summed E-state index contributed by atoms with van der Waals surface area (Å²) in [5.41, 5.74) is 0. The molecule has 7 heavy (non-hydrogen) atoms. The summed E-state index contributed by atoms with van der Waals surface area (Å²) in [6.45, 7) is 0. The molecule has 0 fully saturated rings. The van der Waals surface area contributed by atoms with Crippen LogP contribution in [0.1, 0.15) is 6.42 Å². The average Bonchev–Trinajstić information content (AvgIpc) is 1.99. The Balaban J connectivity index is 2.93. The zero-order chi connectivity index (χ0) is 5.49. The van der Waals surface area contributed by atoms with E-state index < -0.39 is 9.41 Å². The van der Waals surface area contributed by atoms with Gasteiger partial charge in [0.15, 0.2) is 0 Å². The Labute approximate surface area is 44.5 Å². The molecule has 0 aromatic rings. The third kappa shape index (κ3) is 1.06. The highest BCUT2D eigenvalue weighted by molar-refractivity contribution is 8.04. The minimum absolute atomic E-state index is 1.05. The first-order chi connectivity index (χ1) is 3.11. The van der Waals surface area contributed by atoms with Crippen molar-refractivity contribution in [2.45, 2.75) is 6.42 Å². The third-order valence-electron chi connectivity index (χ3n) is 0.949. The van der Waals surface area contributed by atoms with Crippen LogP contribution >= 0.6 is 0 Å². The van der Waals surface area contributed by atoms with Crippen molar-refractivity contribution < 1.29 is 0 Å². The number of hydrogen-bond acceptors (Lipinski definition) is 1. The highest BCUT2D eigenvalue weighted by atomic mass is 32.2. The zero-order valence-corrected chi connectivity index (χ0v) is 5.22. The summed E-state index contributed by atoms with van der Waals surface area (Å²) in [5.74, 6) is 3.71. The van der Waals surface area contributed by atoms with Crippen LogP contribution in [0.15, 0.2) is 11.0 Å². The van der Waals surface area contributed by atoms with Gasteiger partial charge in [0.1, 0.15) is 0 Å². The molecule has 0 aromatic carbocycles. The monoisotopic (exact) mass is 115 g/mol. The molecule has 1 unspecified atom stereocenters. The normalized spacial score (nSPS) is 25.6. The van der Waals surface area contributed by atoms with E-state index in [2.05, 4.69) is 11.9 Å². The Morgan fingerprint density at radius 3 is 2.43 bits per heavy atom. The summed E-state index contributed by atoms with van der Waals surface area (Å²) in [7, 11) is -1.27. The molecule has 1 N–H and O–H groups in total. The molecule has 2 heteroatoms. The molecule has 0 bridgehead atoms. The van der Waals surface area contributed by atoms with E-state index in [9.17, 15) is 0 Å². The maximum absolute atomic E-state index is 7.35. The van der Waals surface area contributed by atoms with Gasteiger partial charge in [0.05, 0.1) is 0 Å². The van der Waals surface area contributed by atoms with Gasteiger partial charge in [0.2, 0.25) is 0 Å². The summed E-state index contributed by atoms with van der Waals surface area (Å²) in [4.78, 5) is 1.26. The van der Waals surface area contributed by atoms with Gasteiger partial charge < -0.3 is 0 Å². The predicted octanol–water partition coefficient (Wildman–Crippen LogP) is 1.25. The number of nitrogens with one attached hydrogen (secondary N) is 1. The van der Waals surface area contributed by atoms with E-state index in [1.165, 1.54) is 4.91 Å². The highest BCUT2D eigenvalue weighted by Crippen LogP contribution is 2.23. The first-order valence-electron chi connectivity index (χ1n) is 2.16. The lowest BCUT2D eigenvalue weighted by atomic mass is 10.9. The fourth-order valence-electron chi connectivity index (χ4n) is 0.410. The molecule has 1 nitrogen and oxygen atoms in total. The SMILES string of the molecule is C=S(C)(=N)C1=CC1. The molecular formula is C5H9NS. The maximum Gasteiger partial charge on any atom is -0.00252 e. The summed E-state index contributed by atoms with van der Waals surface area (Å²) in [6.07, 6.45) is 5.03. The molecule has 0 amide bonds. The van der Waals surface area contributed by atoms with E-state index in [0.29, 0.717) is 0 Å². The Morgan fingerprint density at radius 1 is 2.00 bits per heavy atom. The fraction of sp³-hybridized carbons (Fsp3) is 0.400. The van der Waals surface area contributed by atoms with E-state index in [1.807, 2.05) is 6.26 Å². The maximum atomic E-state index is 7.35. The largest absolute Gasteiger partial charge is 0.283 e. The Hall–Kier alpha value is -0.240. The smallest absolute Gasteiger partial charge is 0.00252 e. The third-order valence-corrected chi connectivity index (χ3v) is 2.44. The standard InChI is InChI=1S/C5H9NS/c1-7(2,6)5-3-4-5/h3,6H,1,4H2,2H3. The first-order valence-corrected chi connectivity index (χ1v) is 4.37. The molecule has 0 spiro atoms. The summed E-state index contributed by atoms with van der Waals surface area (Å²) in [5, 5.41) is 0. The zero-order valence-electron chi connectivity index (χ0n) is 4.40. The van der Waals surface area contributed by atoms with Crippen LogP contribution in [-0.2, 0) is 9.41 Å². The van der Waals surface area contributed by atoms with Crippen molar-refractivity contribution in [2.75, 3.05) is 6.26 Å². The van der Waals surface area contributed by atoms with E-state index in [0.717, 1.165) is 6.42 Å². The quantitative estimate of drug-likeness (QED) is 0.497. The van der Waals surface area contributed by atoms with E-state index in [4.69, 9.17) is 4.78 Å². The molecule has 1 aliphatic carbocycles. The molecule has 1 rings (SSSR count). The van der Waals surface area contributed by atoms with Gasteiger partial charge in [-0.05, 0) is 17.6 Å². The lowest BCUT2D eigenvalue weighted by Gasteiger charge is -1.93. The number of allylic oxidation sites excluding steroid dienone is 2. The van der Waals surface area contributed by atoms with Gasteiger partial charge in [-0.15, -0.1) is 9.41 Å². The summed E-state index contributed by atoms with van der Waals surface area (Å²) >= 11 is 0. The first kappa shape index (κ1) is 4.91. The van der Waals surface area contributed by atoms with Gasteiger partial charge >= 0.3 is 0 Å². The van der Waals surface area contributed by atoms with Crippen LogP contribution < -0.4 is 0 Å². The van der Waals surface area contributed by atoms with Gasteiger partial charge in [-0.2, -0.15) is 0 Å². The number of rotatable bonds is 1. The molecule has 0 aliphatic heterocycles. The second-order valence-electron chi connectivity index (χ2n) is 1.96. The van der Waals surface area contributed by atoms with Crippen molar-refractivity contribution in [1.82, 2.24) is 0 Å². The lowest BCUT2D eigenvalue weighted by Crippen LogP contribution is -1.85. The second-order valence-corrected chi connectivity index (χ2v) is 4.66. The fourth-order valence-corrected chi connectivity index (χ4v) is 1.23. The van der Waals surface area contributed by atoms with Crippen molar-refractivity contribution in [3.05, 3.63) is 11.0 Å². The van der Waals surface area contributed by atoms with Gasteiger partial charge in [-0.3, -0.25) is 4.78 Å². The minimum atomic E-state index is -1.27. The van der Waals surface area contributed by atoms with E-state index >= 15 is 0 Å². The van der Waals surface area contributed by atoms with Crippen molar-refractivity contribution in [1.29, 1.82) is 4.78 Å². The van der Waals surface area contributed by atoms with E-state index in [-0.39, 0.29) is 0 Å². The van der Waals surface area contributed by atoms with Crippen LogP contribution in [0.3, 0.4) is 0 Å². The second kappa shape index (κ2) is 1.13. The van der Waals surface area contributed by atoms with Crippen LogP contribution in [0.2, 0.25) is 0 Å². The molecule has 0 aromatic heterocycles. The summed E-state index contributed by atoms with van der Waals surface area (Å²) < 4.78 is 7.35. The van der Waals surface area contributed by atoms with Gasteiger partial charge in [-0.1, -0.05) is 11.9 Å². The Kier molecular flexibility index (Phi) is 0.790. The Morgan fingerprint density at radius 2 is 2.43 bits per heavy atom. The number of hydrogen-bond donors (Lipinski definition) is 1. The predicted molar refractivity (Wildman–Crippen MR) is 35.8 cm³/mol. The van der Waals surface area contributed by atoms with Gasteiger partial charge in [0.25, 0.3) is 0 Å². The van der Waals surface area contributed by atoms with Crippen LogP contribution in [0.4, 0.5) is 0 Å². The minimum Gasteiger partial charge on any atom is -0.283 e. The van der Waals surface area contributed by atoms with Crippen LogP contribution in [0, 0.1) is 4.78 Å². The van der Waals surface area contributed by atoms with Crippen LogP contribution in [0.25, 0.3) is 0 Å². The molecule has 0 radical (unpaired) electrons. The lowest BCUT2D eigenvalue weighted by molar-refractivity contribution is 1.60. The topological polar surface area (TPSA) is 23.9 Å². The van der Waals surface area contributed by atoms with Gasteiger partial charge in [-0.25, -0.2) is 0 Å². The molecule has 1 atom stereocenters. The van der Waals surface area contributed by atoms with Gasteiger partial charge in [0, 0.05) is 0 Å². The average molecular weight is 115 g/mol. The van der Waals surface area contributed by atoms with Crippen molar-refractivity contribution in [3.8, 4) is 0 Å². The van der Waals surface area contributed by atoms with E-state index in [1.54, 1.807) is 0 Å². The van der Waals surface area contributed by atoms with Crippen LogP contribution in [-0.4, -0.2) is 12.1 Å². The van der Waals surface area contributed by atoms with Crippen molar-refractivity contribution >= 4 is 15.3 Å². The molecule has 0 saturated heterocycles. The molecule has 1 aliphatic rings. The highest BCUT2D eigenvalue weighted by Gasteiger charge is 2.09. The molecule has 40 valence electrons. The van der Waals surface area contributed by atoms with Crippen LogP contribution in [0.5, 0.6) is 0 Å². The van der Waals surface area contributed by atoms with Crippen molar-refractivity contribution in [2.24, 2.45) is 0 Å². The molecule has 0 heterocycles.